The minimum atomic E-state index is -5.44. The maximum atomic E-state index is 12.8. The molecule has 8 atom stereocenters. The molecule has 366 valence electrons. The Hall–Kier alpha value is -3.09. The number of ether oxygens (including phenoxy) is 3. The molecule has 1 aliphatic rings. The zero-order valence-electron chi connectivity index (χ0n) is 37.7. The molecule has 6 N–H and O–H groups in total. The Bertz CT molecular complexity index is 1740. The van der Waals surface area contributed by atoms with Gasteiger partial charge >= 0.3 is 33.3 Å². The number of nitrogens with zero attached hydrogens (tertiary/aromatic N) is 2. The summed E-state index contributed by atoms with van der Waals surface area (Å²) in [5, 5.41) is 20.8. The van der Waals surface area contributed by atoms with Gasteiger partial charge in [0.05, 0.1) is 13.2 Å². The van der Waals surface area contributed by atoms with Gasteiger partial charge in [-0.05, 0) is 50.2 Å². The molecule has 3 unspecified atom stereocenters. The van der Waals surface area contributed by atoms with Gasteiger partial charge in [0.2, 0.25) is 0 Å². The molecule has 21 heteroatoms. The van der Waals surface area contributed by atoms with E-state index in [0.717, 1.165) is 75.0 Å². The second-order valence-corrected chi connectivity index (χ2v) is 19.2. The van der Waals surface area contributed by atoms with Crippen LogP contribution >= 0.6 is 15.6 Å². The smallest absolute Gasteiger partial charge is 0.462 e. The molecular weight excluding hydrogens is 876 g/mol. The van der Waals surface area contributed by atoms with Gasteiger partial charge in [-0.25, -0.2) is 13.9 Å². The number of hydrogen-bond acceptors (Lipinski definition) is 16. The summed E-state index contributed by atoms with van der Waals surface area (Å²) in [7, 11) is -10.9. The molecule has 0 aliphatic carbocycles. The van der Waals surface area contributed by atoms with Gasteiger partial charge in [-0.1, -0.05) is 116 Å². The lowest BCUT2D eigenvalue weighted by Crippen LogP contribution is -2.36. The molecule has 2 heterocycles. The highest BCUT2D eigenvalue weighted by atomic mass is 31.3. The van der Waals surface area contributed by atoms with E-state index in [-0.39, 0.29) is 24.4 Å². The zero-order valence-corrected chi connectivity index (χ0v) is 39.5. The number of allylic oxidation sites excluding steroid dienone is 4. The van der Waals surface area contributed by atoms with Gasteiger partial charge < -0.3 is 39.9 Å². The number of unbranched alkanes of at least 4 members (excludes halogenated alkanes) is 12. The summed E-state index contributed by atoms with van der Waals surface area (Å²) in [5.41, 5.74) is 4.56. The summed E-state index contributed by atoms with van der Waals surface area (Å²) >= 11 is 0. The number of nitrogens with two attached hydrogens (primary N) is 1. The average molecular weight is 950 g/mol. The Kier molecular flexibility index (Phi) is 28.3. The van der Waals surface area contributed by atoms with Crippen molar-refractivity contribution in [3.8, 4) is 0 Å². The minimum Gasteiger partial charge on any atom is -0.462 e. The van der Waals surface area contributed by atoms with E-state index in [4.69, 9.17) is 29.0 Å². The number of anilines is 1. The van der Waals surface area contributed by atoms with Crippen LogP contribution in [0.25, 0.3) is 0 Å². The Morgan fingerprint density at radius 2 is 1.47 bits per heavy atom. The van der Waals surface area contributed by atoms with Crippen LogP contribution in [0.2, 0.25) is 0 Å². The summed E-state index contributed by atoms with van der Waals surface area (Å²) in [6, 6.07) is 1.24. The predicted octanol–water partition coefficient (Wildman–Crippen LogP) is 7.31. The van der Waals surface area contributed by atoms with Crippen LogP contribution < -0.4 is 11.4 Å². The molecule has 19 nitrogen and oxygen atoms in total. The van der Waals surface area contributed by atoms with E-state index in [0.29, 0.717) is 38.0 Å². The third kappa shape index (κ3) is 25.0. The number of carbonyl (C=O) groups excluding carboxylic acids is 3. The topological polar surface area (TPSA) is 283 Å². The van der Waals surface area contributed by atoms with Crippen LogP contribution in [0, 0.1) is 5.92 Å². The first kappa shape index (κ1) is 57.0. The van der Waals surface area contributed by atoms with E-state index in [9.17, 15) is 48.3 Å². The van der Waals surface area contributed by atoms with Gasteiger partial charge in [0.1, 0.15) is 30.7 Å². The van der Waals surface area contributed by atoms with Crippen LogP contribution in [-0.4, -0.2) is 91.5 Å². The van der Waals surface area contributed by atoms with Crippen LogP contribution in [0.3, 0.4) is 0 Å². The molecule has 1 saturated heterocycles. The van der Waals surface area contributed by atoms with Crippen LogP contribution in [0.4, 0.5) is 5.82 Å². The lowest BCUT2D eigenvalue weighted by atomic mass is 10.00. The summed E-state index contributed by atoms with van der Waals surface area (Å²) in [5.74, 6) is -0.638. The first-order chi connectivity index (χ1) is 30.5. The first-order valence-corrected chi connectivity index (χ1v) is 25.7. The highest BCUT2D eigenvalue weighted by Gasteiger charge is 2.46. The Labute approximate surface area is 377 Å². The first-order valence-electron chi connectivity index (χ1n) is 22.7. The fourth-order valence-corrected chi connectivity index (χ4v) is 8.67. The van der Waals surface area contributed by atoms with Crippen molar-refractivity contribution in [1.29, 1.82) is 0 Å². The predicted molar refractivity (Wildman–Crippen MR) is 238 cm³/mol. The second kappa shape index (κ2) is 31.8. The van der Waals surface area contributed by atoms with Crippen molar-refractivity contribution < 1.29 is 71.1 Å². The minimum absolute atomic E-state index is 0.0326. The van der Waals surface area contributed by atoms with Gasteiger partial charge in [-0.2, -0.15) is 9.29 Å². The van der Waals surface area contributed by atoms with E-state index in [2.05, 4.69) is 36.1 Å². The fraction of sp³-hybridized carbons (Fsp3) is 0.744. The van der Waals surface area contributed by atoms with Crippen molar-refractivity contribution in [1.82, 2.24) is 9.55 Å². The van der Waals surface area contributed by atoms with Crippen molar-refractivity contribution in [2.24, 2.45) is 5.92 Å². The normalized spacial score (nSPS) is 20.5. The van der Waals surface area contributed by atoms with Gasteiger partial charge in [-0.15, -0.1) is 0 Å². The van der Waals surface area contributed by atoms with Crippen LogP contribution in [0.15, 0.2) is 41.4 Å². The second-order valence-electron chi connectivity index (χ2n) is 16.2. The fourth-order valence-electron chi connectivity index (χ4n) is 6.56. The largest absolute Gasteiger partial charge is 0.481 e. The zero-order chi connectivity index (χ0) is 47.4. The summed E-state index contributed by atoms with van der Waals surface area (Å²) in [6.07, 6.45) is 17.0. The number of hydrogen-bond donors (Lipinski definition) is 5. The Morgan fingerprint density at radius 3 is 2.12 bits per heavy atom. The number of phosphoric ester groups is 2. The highest BCUT2D eigenvalue weighted by Crippen LogP contribution is 2.60. The summed E-state index contributed by atoms with van der Waals surface area (Å²) < 4.78 is 56.4. The summed E-state index contributed by atoms with van der Waals surface area (Å²) in [4.78, 5) is 73.7. The number of ketones is 1. The molecular formula is C43H73N3O16P2. The monoisotopic (exact) mass is 949 g/mol. The van der Waals surface area contributed by atoms with Crippen LogP contribution in [0.5, 0.6) is 0 Å². The molecule has 1 fully saturated rings. The number of carbonyl (C=O) groups is 3. The van der Waals surface area contributed by atoms with Gasteiger partial charge in [0.25, 0.3) is 0 Å². The SMILES string of the molecule is CCCCC/C=C\C=C\C(=O)CCCCCCCC(=O)O[C@H](COC(=O)CCCCCCCCC(C)CC)COP(=O)(O)OP(=O)(O)OC[C@H]1O[C@@H](n2ccc(N)nc2=O)[C@H](O)[C@@H]1O. The Morgan fingerprint density at radius 1 is 0.844 bits per heavy atom. The average Bonchev–Trinajstić information content (AvgIpc) is 3.52. The van der Waals surface area contributed by atoms with Gasteiger partial charge in [0, 0.05) is 25.5 Å². The molecule has 0 bridgehead atoms. The number of aromatic nitrogens is 2. The third-order valence-electron chi connectivity index (χ3n) is 10.6. The highest BCUT2D eigenvalue weighted by molar-refractivity contribution is 7.61. The van der Waals surface area contributed by atoms with Crippen molar-refractivity contribution in [2.75, 3.05) is 25.6 Å². The van der Waals surface area contributed by atoms with Gasteiger partial charge in [-0.3, -0.25) is 28.0 Å². The van der Waals surface area contributed by atoms with E-state index in [1.165, 1.54) is 25.3 Å². The van der Waals surface area contributed by atoms with E-state index < -0.39 is 83.7 Å². The number of aliphatic hydroxyl groups excluding tert-OH is 2. The molecule has 0 aromatic carbocycles. The molecule has 0 spiro atoms. The van der Waals surface area contributed by atoms with E-state index in [1.54, 1.807) is 12.2 Å². The van der Waals surface area contributed by atoms with E-state index >= 15 is 0 Å². The van der Waals surface area contributed by atoms with E-state index in [1.807, 2.05) is 6.08 Å². The molecule has 1 aromatic rings. The number of aliphatic hydroxyl groups is 2. The van der Waals surface area contributed by atoms with Gasteiger partial charge in [0.15, 0.2) is 18.1 Å². The molecule has 2 rings (SSSR count). The lowest BCUT2D eigenvalue weighted by molar-refractivity contribution is -0.161. The van der Waals surface area contributed by atoms with Crippen molar-refractivity contribution in [3.63, 3.8) is 0 Å². The van der Waals surface area contributed by atoms with Crippen molar-refractivity contribution in [3.05, 3.63) is 47.1 Å². The number of rotatable bonds is 36. The Balaban J connectivity index is 1.86. The summed E-state index contributed by atoms with van der Waals surface area (Å²) in [6.45, 7) is 4.19. The lowest BCUT2D eigenvalue weighted by Gasteiger charge is -2.21. The molecule has 1 aromatic heterocycles. The van der Waals surface area contributed by atoms with Crippen LogP contribution in [-0.2, 0) is 51.1 Å². The molecule has 1 aliphatic heterocycles. The molecule has 0 amide bonds. The number of esters is 2. The van der Waals surface area contributed by atoms with Crippen LogP contribution in [0.1, 0.15) is 155 Å². The molecule has 0 radical (unpaired) electrons. The molecule has 64 heavy (non-hydrogen) atoms. The number of phosphoric acid groups is 2. The maximum Gasteiger partial charge on any atom is 0.481 e. The number of nitrogen functional groups attached to an aromatic ring is 1. The molecule has 0 saturated carbocycles. The maximum absolute atomic E-state index is 12.8. The third-order valence-corrected chi connectivity index (χ3v) is 13.2. The van der Waals surface area contributed by atoms with Crippen molar-refractivity contribution >= 4 is 39.2 Å². The van der Waals surface area contributed by atoms with Crippen molar-refractivity contribution in [2.45, 2.75) is 180 Å². The standard InChI is InChI=1S/C43H73N3O16P2/c1-4-6-7-8-9-14-19-24-34(47)25-20-15-12-17-22-27-39(49)60-35(30-57-38(48)26-21-16-11-10-13-18-23-33(3)5-2)31-58-63(53,54)62-64(55,56)59-32-36-40(50)41(51)42(61-36)46-29-28-37(44)45-43(46)52/h9,14,19,24,28-29,33,35-36,40-42,50-51H,4-8,10-13,15-18,20-23,25-27,30-32H2,1-3H3,(H,53,54)(H,55,56)(H2,44,45,52)/b14-9-,24-19+/t33?,35-,36-,40-,41-,42-/m1/s1. The quantitative estimate of drug-likeness (QED) is 0.0145.